The molecule has 0 saturated carbocycles. The van der Waals surface area contributed by atoms with Gasteiger partial charge in [-0.2, -0.15) is 0 Å². The minimum absolute atomic E-state index is 0.152. The Morgan fingerprint density at radius 1 is 1.27 bits per heavy atom. The fourth-order valence-corrected chi connectivity index (χ4v) is 1.94. The Labute approximate surface area is 130 Å². The third-order valence-corrected chi connectivity index (χ3v) is 3.24. The number of hydrogen-bond donors (Lipinski definition) is 2. The summed E-state index contributed by atoms with van der Waals surface area (Å²) in [6.45, 7) is 6.88. The highest BCUT2D eigenvalue weighted by molar-refractivity contribution is 5.54. The van der Waals surface area contributed by atoms with Crippen LogP contribution >= 0.6 is 0 Å². The van der Waals surface area contributed by atoms with Crippen LogP contribution in [0, 0.1) is 0 Å². The first-order valence-electron chi connectivity index (χ1n) is 7.69. The lowest BCUT2D eigenvalue weighted by molar-refractivity contribution is 0.309. The number of nitrogens with zero attached hydrogens (tertiary/aromatic N) is 1. The van der Waals surface area contributed by atoms with Gasteiger partial charge >= 0.3 is 0 Å². The summed E-state index contributed by atoms with van der Waals surface area (Å²) in [4.78, 5) is 18.8. The van der Waals surface area contributed by atoms with Gasteiger partial charge in [-0.25, -0.2) is 4.98 Å². The molecule has 2 N–H and O–H groups in total. The molecule has 0 spiro atoms. The van der Waals surface area contributed by atoms with E-state index in [2.05, 4.69) is 22.2 Å². The van der Waals surface area contributed by atoms with Gasteiger partial charge in [-0.1, -0.05) is 27.2 Å². The Bertz CT molecular complexity index is 648. The second-order valence-electron chi connectivity index (χ2n) is 5.52. The van der Waals surface area contributed by atoms with Gasteiger partial charge in [-0.3, -0.25) is 9.78 Å². The van der Waals surface area contributed by atoms with Crippen LogP contribution in [0.15, 0.2) is 35.1 Å². The van der Waals surface area contributed by atoms with Gasteiger partial charge in [0.2, 0.25) is 5.95 Å². The fourth-order valence-electron chi connectivity index (χ4n) is 1.94. The van der Waals surface area contributed by atoms with Crippen molar-refractivity contribution in [3.8, 4) is 5.75 Å². The van der Waals surface area contributed by atoms with E-state index < -0.39 is 0 Å². The molecule has 2 rings (SSSR count). The first-order chi connectivity index (χ1) is 10.6. The molecule has 0 amide bonds. The molecule has 0 unspecified atom stereocenters. The summed E-state index contributed by atoms with van der Waals surface area (Å²) in [5.74, 6) is 1.50. The highest BCUT2D eigenvalue weighted by Gasteiger charge is 2.05. The van der Waals surface area contributed by atoms with Crippen LogP contribution in [0.5, 0.6) is 5.75 Å². The smallest absolute Gasteiger partial charge is 0.252 e. The summed E-state index contributed by atoms with van der Waals surface area (Å²) in [6, 6.07) is 9.15. The maximum absolute atomic E-state index is 11.7. The monoisotopic (exact) mass is 301 g/mol. The minimum atomic E-state index is -0.152. The van der Waals surface area contributed by atoms with Crippen LogP contribution in [0.3, 0.4) is 0 Å². The van der Waals surface area contributed by atoms with Crippen molar-refractivity contribution in [2.45, 2.75) is 39.5 Å². The van der Waals surface area contributed by atoms with Gasteiger partial charge in [-0.05, 0) is 36.6 Å². The van der Waals surface area contributed by atoms with Gasteiger partial charge in [0.05, 0.1) is 12.3 Å². The molecule has 0 aliphatic heterocycles. The second kappa shape index (κ2) is 7.64. The first-order valence-corrected chi connectivity index (χ1v) is 7.69. The van der Waals surface area contributed by atoms with E-state index in [0.717, 1.165) is 36.6 Å². The topological polar surface area (TPSA) is 67.0 Å². The van der Waals surface area contributed by atoms with Gasteiger partial charge in [-0.15, -0.1) is 0 Å². The van der Waals surface area contributed by atoms with E-state index in [1.54, 1.807) is 0 Å². The molecule has 0 saturated heterocycles. The fraction of sp³-hybridized carbons (Fsp3) is 0.412. The third kappa shape index (κ3) is 4.62. The molecule has 1 aromatic carbocycles. The SMILES string of the molecule is CCCCOc1ccc(Nc2nc(C(C)C)cc(=O)[nH]2)cc1. The van der Waals surface area contributed by atoms with Crippen LogP contribution in [0.2, 0.25) is 0 Å². The average Bonchev–Trinajstić information content (AvgIpc) is 2.48. The number of nitrogens with one attached hydrogen (secondary N) is 2. The van der Waals surface area contributed by atoms with Crippen LogP contribution in [-0.4, -0.2) is 16.6 Å². The molecular formula is C17H23N3O2. The van der Waals surface area contributed by atoms with Gasteiger partial charge < -0.3 is 10.1 Å². The lowest BCUT2D eigenvalue weighted by Gasteiger charge is -2.10. The largest absolute Gasteiger partial charge is 0.494 e. The minimum Gasteiger partial charge on any atom is -0.494 e. The number of ether oxygens (including phenoxy) is 1. The average molecular weight is 301 g/mol. The van der Waals surface area contributed by atoms with E-state index >= 15 is 0 Å². The molecule has 5 heteroatoms. The van der Waals surface area contributed by atoms with Gasteiger partial charge in [0, 0.05) is 11.8 Å². The molecule has 1 heterocycles. The van der Waals surface area contributed by atoms with Crippen molar-refractivity contribution in [3.63, 3.8) is 0 Å². The molecule has 118 valence electrons. The Hall–Kier alpha value is -2.30. The molecular weight excluding hydrogens is 278 g/mol. The molecule has 0 radical (unpaired) electrons. The van der Waals surface area contributed by atoms with Crippen molar-refractivity contribution in [2.24, 2.45) is 0 Å². The van der Waals surface area contributed by atoms with Crippen LogP contribution < -0.4 is 15.6 Å². The summed E-state index contributed by atoms with van der Waals surface area (Å²) in [5.41, 5.74) is 1.47. The number of unbranched alkanes of at least 4 members (excludes halogenated alkanes) is 1. The Morgan fingerprint density at radius 3 is 2.64 bits per heavy atom. The lowest BCUT2D eigenvalue weighted by Crippen LogP contribution is -2.12. The summed E-state index contributed by atoms with van der Waals surface area (Å²) in [5, 5.41) is 3.11. The number of H-pyrrole nitrogens is 1. The zero-order valence-corrected chi connectivity index (χ0v) is 13.3. The van der Waals surface area contributed by atoms with Gasteiger partial charge in [0.1, 0.15) is 5.75 Å². The van der Waals surface area contributed by atoms with Gasteiger partial charge in [0.25, 0.3) is 5.56 Å². The Kier molecular flexibility index (Phi) is 5.58. The molecule has 1 aromatic heterocycles. The molecule has 22 heavy (non-hydrogen) atoms. The standard InChI is InChI=1S/C17H23N3O2/c1-4-5-10-22-14-8-6-13(7-9-14)18-17-19-15(12(2)3)11-16(21)20-17/h6-9,11-12H,4-5,10H2,1-3H3,(H2,18,19,20,21). The van der Waals surface area contributed by atoms with E-state index in [0.29, 0.717) is 5.95 Å². The summed E-state index contributed by atoms with van der Waals surface area (Å²) >= 11 is 0. The highest BCUT2D eigenvalue weighted by Crippen LogP contribution is 2.19. The van der Waals surface area contributed by atoms with E-state index in [1.165, 1.54) is 6.07 Å². The quantitative estimate of drug-likeness (QED) is 0.763. The molecule has 5 nitrogen and oxygen atoms in total. The number of anilines is 2. The summed E-state index contributed by atoms with van der Waals surface area (Å²) in [7, 11) is 0. The predicted molar refractivity (Wildman–Crippen MR) is 89.1 cm³/mol. The van der Waals surface area contributed by atoms with E-state index in [9.17, 15) is 4.79 Å². The van der Waals surface area contributed by atoms with Gasteiger partial charge in [0.15, 0.2) is 0 Å². The van der Waals surface area contributed by atoms with E-state index in [1.807, 2.05) is 38.1 Å². The summed E-state index contributed by atoms with van der Waals surface area (Å²) in [6.07, 6.45) is 2.16. The Balaban J connectivity index is 2.06. The summed E-state index contributed by atoms with van der Waals surface area (Å²) < 4.78 is 5.62. The maximum Gasteiger partial charge on any atom is 0.252 e. The van der Waals surface area contributed by atoms with Crippen molar-refractivity contribution in [1.82, 2.24) is 9.97 Å². The molecule has 2 aromatic rings. The van der Waals surface area contributed by atoms with Crippen LogP contribution in [-0.2, 0) is 0 Å². The second-order valence-corrected chi connectivity index (χ2v) is 5.52. The number of aromatic nitrogens is 2. The first kappa shape index (κ1) is 16.1. The number of hydrogen-bond acceptors (Lipinski definition) is 4. The van der Waals surface area contributed by atoms with E-state index in [-0.39, 0.29) is 11.5 Å². The zero-order chi connectivity index (χ0) is 15.9. The van der Waals surface area contributed by atoms with Crippen molar-refractivity contribution in [1.29, 1.82) is 0 Å². The van der Waals surface area contributed by atoms with Crippen molar-refractivity contribution >= 4 is 11.6 Å². The maximum atomic E-state index is 11.7. The van der Waals surface area contributed by atoms with Crippen LogP contribution in [0.1, 0.15) is 45.2 Å². The predicted octanol–water partition coefficient (Wildman–Crippen LogP) is 3.82. The Morgan fingerprint density at radius 2 is 2.00 bits per heavy atom. The molecule has 0 fully saturated rings. The van der Waals surface area contributed by atoms with Crippen molar-refractivity contribution in [3.05, 3.63) is 46.4 Å². The van der Waals surface area contributed by atoms with E-state index in [4.69, 9.17) is 4.74 Å². The number of rotatable bonds is 7. The normalized spacial score (nSPS) is 10.7. The van der Waals surface area contributed by atoms with Crippen molar-refractivity contribution < 1.29 is 4.74 Å². The lowest BCUT2D eigenvalue weighted by atomic mass is 10.1. The van der Waals surface area contributed by atoms with Crippen molar-refractivity contribution in [2.75, 3.05) is 11.9 Å². The molecule has 0 bridgehead atoms. The highest BCUT2D eigenvalue weighted by atomic mass is 16.5. The third-order valence-electron chi connectivity index (χ3n) is 3.24. The van der Waals surface area contributed by atoms with Crippen LogP contribution in [0.25, 0.3) is 0 Å². The molecule has 0 aliphatic carbocycles. The molecule has 0 aliphatic rings. The molecule has 0 atom stereocenters. The number of aromatic amines is 1. The van der Waals surface area contributed by atoms with Crippen LogP contribution in [0.4, 0.5) is 11.6 Å². The number of benzene rings is 1. The zero-order valence-electron chi connectivity index (χ0n) is 13.3.